The van der Waals surface area contributed by atoms with Gasteiger partial charge in [0.05, 0.1) is 18.2 Å². The third-order valence-corrected chi connectivity index (χ3v) is 7.89. The molecule has 1 aliphatic heterocycles. The zero-order chi connectivity index (χ0) is 30.8. The maximum absolute atomic E-state index is 15.0. The standard InChI is InChI=1S/C23H22FIN2O13S/c1-10(28)37-16-17(38-11(2)29)19(22(32)36-4)40-21(18(16)39-12(3)30)27-20(31)15(24)9-26(23(27)33)41(34,35)14-7-5-13(25)6-8-14/h5-9,16-19,21H,1-4H3/t16-,17-,18+,19-,21+/m0/s1. The van der Waals surface area contributed by atoms with E-state index in [2.05, 4.69) is 4.74 Å². The van der Waals surface area contributed by atoms with Gasteiger partial charge < -0.3 is 23.7 Å². The molecule has 5 atom stereocenters. The summed E-state index contributed by atoms with van der Waals surface area (Å²) in [5.74, 6) is -6.20. The molecule has 1 fully saturated rings. The van der Waals surface area contributed by atoms with Crippen molar-refractivity contribution < 1.29 is 55.7 Å². The minimum absolute atomic E-state index is 0.0659. The summed E-state index contributed by atoms with van der Waals surface area (Å²) >= 11 is 1.90. The number of hydrogen-bond donors (Lipinski definition) is 0. The SMILES string of the molecule is COC(=O)[C@H]1O[C@@H](n2c(=O)c(F)cn(S(=O)(=O)c3ccc(I)cc3)c2=O)[C@H](OC(C)=O)[C@@H](OC(C)=O)[C@@H]1OC(C)=O. The molecule has 3 rings (SSSR count). The maximum atomic E-state index is 15.0. The van der Waals surface area contributed by atoms with E-state index in [0.717, 1.165) is 40.0 Å². The Morgan fingerprint density at radius 3 is 1.93 bits per heavy atom. The molecule has 1 aliphatic rings. The van der Waals surface area contributed by atoms with Crippen molar-refractivity contribution >= 4 is 56.5 Å². The topological polar surface area (TPSA) is 193 Å². The second-order valence-corrected chi connectivity index (χ2v) is 11.4. The van der Waals surface area contributed by atoms with Crippen molar-refractivity contribution in [1.29, 1.82) is 0 Å². The predicted molar refractivity (Wildman–Crippen MR) is 139 cm³/mol. The van der Waals surface area contributed by atoms with Gasteiger partial charge in [0.25, 0.3) is 15.6 Å². The van der Waals surface area contributed by atoms with Gasteiger partial charge in [0.1, 0.15) is 0 Å². The van der Waals surface area contributed by atoms with Crippen LogP contribution in [0.25, 0.3) is 0 Å². The normalized spacial score (nSPS) is 22.3. The van der Waals surface area contributed by atoms with Gasteiger partial charge in [-0.15, -0.1) is 0 Å². The van der Waals surface area contributed by atoms with Gasteiger partial charge in [0.2, 0.25) is 5.82 Å². The number of halogens is 2. The summed E-state index contributed by atoms with van der Waals surface area (Å²) in [4.78, 5) is 74.6. The van der Waals surface area contributed by atoms with Crippen LogP contribution in [0.3, 0.4) is 0 Å². The van der Waals surface area contributed by atoms with Crippen molar-refractivity contribution in [2.24, 2.45) is 0 Å². The van der Waals surface area contributed by atoms with Crippen molar-refractivity contribution in [3.8, 4) is 0 Å². The first-order chi connectivity index (χ1) is 19.1. The number of hydrogen-bond acceptors (Lipinski definition) is 13. The van der Waals surface area contributed by atoms with Crippen LogP contribution < -0.4 is 11.2 Å². The van der Waals surface area contributed by atoms with E-state index in [4.69, 9.17) is 18.9 Å². The van der Waals surface area contributed by atoms with Crippen molar-refractivity contribution in [2.45, 2.75) is 56.3 Å². The van der Waals surface area contributed by atoms with Crippen LogP contribution in [0, 0.1) is 9.39 Å². The molecule has 18 heteroatoms. The number of aromatic nitrogens is 2. The lowest BCUT2D eigenvalue weighted by Crippen LogP contribution is -2.64. The summed E-state index contributed by atoms with van der Waals surface area (Å²) in [7, 11) is -3.93. The first-order valence-corrected chi connectivity index (χ1v) is 13.9. The fourth-order valence-electron chi connectivity index (χ4n) is 3.94. The van der Waals surface area contributed by atoms with Gasteiger partial charge in [-0.3, -0.25) is 19.2 Å². The van der Waals surface area contributed by atoms with E-state index in [1.54, 1.807) is 0 Å². The Hall–Kier alpha value is -3.65. The Bertz CT molecular complexity index is 1600. The summed E-state index contributed by atoms with van der Waals surface area (Å²) in [5, 5.41) is 0. The second-order valence-electron chi connectivity index (χ2n) is 8.38. The van der Waals surface area contributed by atoms with Crippen LogP contribution in [0.4, 0.5) is 4.39 Å². The molecular weight excluding hydrogens is 690 g/mol. The van der Waals surface area contributed by atoms with Crippen LogP contribution in [0.2, 0.25) is 0 Å². The highest BCUT2D eigenvalue weighted by Gasteiger charge is 2.56. The minimum Gasteiger partial charge on any atom is -0.467 e. The highest BCUT2D eigenvalue weighted by Crippen LogP contribution is 2.34. The van der Waals surface area contributed by atoms with Gasteiger partial charge in [-0.1, -0.05) is 0 Å². The Morgan fingerprint density at radius 1 is 0.902 bits per heavy atom. The molecule has 15 nitrogen and oxygen atoms in total. The Labute approximate surface area is 244 Å². The summed E-state index contributed by atoms with van der Waals surface area (Å²) in [6.07, 6.45) is -10.0. The van der Waals surface area contributed by atoms with Crippen molar-refractivity contribution in [3.05, 3.63) is 60.7 Å². The lowest BCUT2D eigenvalue weighted by atomic mass is 9.96. The van der Waals surface area contributed by atoms with E-state index >= 15 is 0 Å². The number of benzene rings is 1. The van der Waals surface area contributed by atoms with Gasteiger partial charge in [-0.25, -0.2) is 22.6 Å². The number of ether oxygens (including phenoxy) is 5. The molecule has 1 saturated heterocycles. The maximum Gasteiger partial charge on any atom is 0.347 e. The summed E-state index contributed by atoms with van der Waals surface area (Å²) in [5.41, 5.74) is -3.45. The molecule has 2 aromatic rings. The van der Waals surface area contributed by atoms with Gasteiger partial charge in [0, 0.05) is 24.3 Å². The summed E-state index contributed by atoms with van der Waals surface area (Å²) in [6.45, 7) is 2.71. The van der Waals surface area contributed by atoms with E-state index < -0.39 is 86.5 Å². The van der Waals surface area contributed by atoms with Gasteiger partial charge in [0.15, 0.2) is 30.6 Å². The molecule has 0 saturated carbocycles. The van der Waals surface area contributed by atoms with Crippen LogP contribution in [-0.2, 0) is 52.9 Å². The zero-order valence-electron chi connectivity index (χ0n) is 21.6. The van der Waals surface area contributed by atoms with E-state index in [1.165, 1.54) is 12.1 Å². The number of rotatable bonds is 7. The van der Waals surface area contributed by atoms with Crippen LogP contribution >= 0.6 is 22.6 Å². The van der Waals surface area contributed by atoms with Crippen LogP contribution in [0.15, 0.2) is 44.9 Å². The van der Waals surface area contributed by atoms with Crippen molar-refractivity contribution in [3.63, 3.8) is 0 Å². The second kappa shape index (κ2) is 12.5. The van der Waals surface area contributed by atoms with E-state index in [-0.39, 0.29) is 14.7 Å². The predicted octanol–water partition coefficient (Wildman–Crippen LogP) is -0.144. The molecule has 41 heavy (non-hydrogen) atoms. The van der Waals surface area contributed by atoms with Gasteiger partial charge >= 0.3 is 29.6 Å². The number of methoxy groups -OCH3 is 1. The Morgan fingerprint density at radius 2 is 1.41 bits per heavy atom. The zero-order valence-corrected chi connectivity index (χ0v) is 24.6. The molecule has 1 aromatic carbocycles. The summed E-state index contributed by atoms with van der Waals surface area (Å²) in [6, 6.07) is 5.05. The van der Waals surface area contributed by atoms with Gasteiger partial charge in [-0.2, -0.15) is 8.36 Å². The molecule has 0 N–H and O–H groups in total. The van der Waals surface area contributed by atoms with Gasteiger partial charge in [-0.05, 0) is 46.9 Å². The third kappa shape index (κ3) is 6.64. The largest absolute Gasteiger partial charge is 0.467 e. The molecular formula is C23H22FIN2O13S. The van der Waals surface area contributed by atoms with Crippen LogP contribution in [0.1, 0.15) is 27.0 Å². The van der Waals surface area contributed by atoms with Crippen molar-refractivity contribution in [2.75, 3.05) is 7.11 Å². The van der Waals surface area contributed by atoms with Crippen LogP contribution in [-0.4, -0.2) is 72.4 Å². The monoisotopic (exact) mass is 712 g/mol. The number of esters is 4. The minimum atomic E-state index is -4.83. The molecule has 0 aliphatic carbocycles. The van der Waals surface area contributed by atoms with E-state index in [1.807, 2.05) is 22.6 Å². The average molecular weight is 712 g/mol. The molecule has 0 radical (unpaired) electrons. The number of nitrogens with zero attached hydrogens (tertiary/aromatic N) is 2. The van der Waals surface area contributed by atoms with E-state index in [0.29, 0.717) is 3.57 Å². The quantitative estimate of drug-likeness (QED) is 0.210. The average Bonchev–Trinajstić information content (AvgIpc) is 2.88. The van der Waals surface area contributed by atoms with Crippen LogP contribution in [0.5, 0.6) is 0 Å². The first-order valence-electron chi connectivity index (χ1n) is 11.4. The Balaban J connectivity index is 2.34. The third-order valence-electron chi connectivity index (χ3n) is 5.53. The lowest BCUT2D eigenvalue weighted by molar-refractivity contribution is -0.264. The number of carbonyl (C=O) groups is 4. The molecule has 0 bridgehead atoms. The lowest BCUT2D eigenvalue weighted by Gasteiger charge is -2.43. The molecule has 222 valence electrons. The molecule has 0 amide bonds. The molecule has 0 spiro atoms. The van der Waals surface area contributed by atoms with E-state index in [9.17, 15) is 41.6 Å². The fraction of sp³-hybridized carbons (Fsp3) is 0.391. The highest BCUT2D eigenvalue weighted by atomic mass is 127. The molecule has 2 heterocycles. The molecule has 1 aromatic heterocycles. The first kappa shape index (κ1) is 31.9. The fourth-order valence-corrected chi connectivity index (χ4v) is 5.53. The number of carbonyl (C=O) groups excluding carboxylic acids is 4. The summed E-state index contributed by atoms with van der Waals surface area (Å²) < 4.78 is 67.6. The Kier molecular flexibility index (Phi) is 9.70. The van der Waals surface area contributed by atoms with Crippen molar-refractivity contribution in [1.82, 2.24) is 8.54 Å². The highest BCUT2D eigenvalue weighted by molar-refractivity contribution is 14.1. The smallest absolute Gasteiger partial charge is 0.347 e. The molecule has 0 unspecified atom stereocenters.